The molecule has 0 saturated heterocycles. The fourth-order valence-corrected chi connectivity index (χ4v) is 1.55. The molecule has 8 heteroatoms. The van der Waals surface area contributed by atoms with Gasteiger partial charge >= 0.3 is 6.18 Å². The van der Waals surface area contributed by atoms with E-state index in [1.165, 1.54) is 18.2 Å². The van der Waals surface area contributed by atoms with Crippen LogP contribution in [0, 0.1) is 0 Å². The van der Waals surface area contributed by atoms with Crippen LogP contribution in [-0.4, -0.2) is 21.1 Å². The van der Waals surface area contributed by atoms with Crippen molar-refractivity contribution in [3.8, 4) is 11.5 Å². The largest absolute Gasteiger partial charge is 0.504 e. The predicted octanol–water partition coefficient (Wildman–Crippen LogP) is 2.76. The van der Waals surface area contributed by atoms with Gasteiger partial charge in [-0.3, -0.25) is 4.79 Å². The summed E-state index contributed by atoms with van der Waals surface area (Å²) >= 11 is 0. The fraction of sp³-hybridized carbons (Fsp3) is 0.0769. The highest BCUT2D eigenvalue weighted by atomic mass is 19.4. The van der Waals surface area contributed by atoms with Gasteiger partial charge in [-0.05, 0) is 24.3 Å². The third kappa shape index (κ3) is 3.22. The van der Waals surface area contributed by atoms with Crippen LogP contribution in [0.4, 0.5) is 18.9 Å². The summed E-state index contributed by atoms with van der Waals surface area (Å²) in [5, 5.41) is 21.1. The Bertz CT molecular complexity index is 669. The van der Waals surface area contributed by atoms with Gasteiger partial charge in [0.25, 0.3) is 5.91 Å². The molecule has 0 aliphatic carbocycles. The molecule has 1 heterocycles. The topological polar surface area (TPSA) is 82.5 Å². The average Bonchev–Trinajstić information content (AvgIpc) is 2.41. The minimum absolute atomic E-state index is 0.0238. The number of para-hydroxylation sites is 1. The van der Waals surface area contributed by atoms with Gasteiger partial charge in [0.2, 0.25) is 0 Å². The van der Waals surface area contributed by atoms with Crippen molar-refractivity contribution in [2.75, 3.05) is 5.32 Å². The molecule has 1 aromatic carbocycles. The second-order valence-corrected chi connectivity index (χ2v) is 4.06. The number of phenolic OH excluding ortho intramolecular Hbond substituents is 2. The van der Waals surface area contributed by atoms with Crippen LogP contribution in [0.15, 0.2) is 36.5 Å². The zero-order valence-corrected chi connectivity index (χ0v) is 10.3. The van der Waals surface area contributed by atoms with E-state index in [-0.39, 0.29) is 11.3 Å². The van der Waals surface area contributed by atoms with Crippen LogP contribution in [-0.2, 0) is 6.18 Å². The van der Waals surface area contributed by atoms with E-state index in [1.807, 2.05) is 0 Å². The lowest BCUT2D eigenvalue weighted by Crippen LogP contribution is -2.13. The Hall–Kier alpha value is -2.77. The molecule has 0 spiro atoms. The molecule has 0 unspecified atom stereocenters. The first-order valence-corrected chi connectivity index (χ1v) is 5.64. The first kappa shape index (κ1) is 14.6. The van der Waals surface area contributed by atoms with Gasteiger partial charge in [0.15, 0.2) is 11.5 Å². The summed E-state index contributed by atoms with van der Waals surface area (Å²) in [5.74, 6) is -1.88. The number of carbonyl (C=O) groups excluding carboxylic acids is 1. The number of benzene rings is 1. The number of nitrogens with zero attached hydrogens (tertiary/aromatic N) is 1. The van der Waals surface area contributed by atoms with Crippen molar-refractivity contribution < 1.29 is 28.2 Å². The van der Waals surface area contributed by atoms with E-state index in [2.05, 4.69) is 10.3 Å². The number of hydrogen-bond acceptors (Lipinski definition) is 4. The van der Waals surface area contributed by atoms with Crippen LogP contribution in [0.5, 0.6) is 11.5 Å². The lowest BCUT2D eigenvalue weighted by atomic mass is 10.1. The van der Waals surface area contributed by atoms with Crippen LogP contribution in [0.25, 0.3) is 0 Å². The van der Waals surface area contributed by atoms with Crippen molar-refractivity contribution in [3.05, 3.63) is 47.8 Å². The summed E-state index contributed by atoms with van der Waals surface area (Å²) in [6.07, 6.45) is -3.72. The molecule has 0 bridgehead atoms. The molecule has 0 fully saturated rings. The van der Waals surface area contributed by atoms with Crippen molar-refractivity contribution >= 4 is 11.6 Å². The van der Waals surface area contributed by atoms with E-state index in [0.717, 1.165) is 18.3 Å². The fourth-order valence-electron chi connectivity index (χ4n) is 1.55. The zero-order chi connectivity index (χ0) is 15.6. The van der Waals surface area contributed by atoms with E-state index in [1.54, 1.807) is 0 Å². The quantitative estimate of drug-likeness (QED) is 0.745. The molecule has 0 aliphatic rings. The maximum Gasteiger partial charge on any atom is 0.433 e. The number of rotatable bonds is 2. The maximum atomic E-state index is 12.3. The molecular formula is C13H9F3N2O3. The van der Waals surface area contributed by atoms with Gasteiger partial charge < -0.3 is 15.5 Å². The summed E-state index contributed by atoms with van der Waals surface area (Å²) in [4.78, 5) is 15.0. The normalized spacial score (nSPS) is 11.2. The number of phenols is 2. The van der Waals surface area contributed by atoms with Crippen LogP contribution in [0.2, 0.25) is 0 Å². The Balaban J connectivity index is 2.18. The highest BCUT2D eigenvalue weighted by Crippen LogP contribution is 2.30. The van der Waals surface area contributed by atoms with Gasteiger partial charge in [0.1, 0.15) is 5.69 Å². The minimum Gasteiger partial charge on any atom is -0.504 e. The lowest BCUT2D eigenvalue weighted by molar-refractivity contribution is -0.141. The SMILES string of the molecule is O=C(Nc1ccc(C(F)(F)F)nc1)c1cccc(O)c1O. The first-order chi connectivity index (χ1) is 9.79. The van der Waals surface area contributed by atoms with Gasteiger partial charge in [0.05, 0.1) is 17.4 Å². The zero-order valence-electron chi connectivity index (χ0n) is 10.3. The van der Waals surface area contributed by atoms with Crippen LogP contribution >= 0.6 is 0 Å². The van der Waals surface area contributed by atoms with Crippen LogP contribution in [0.3, 0.4) is 0 Å². The van der Waals surface area contributed by atoms with Crippen LogP contribution in [0.1, 0.15) is 16.1 Å². The Morgan fingerprint density at radius 2 is 1.86 bits per heavy atom. The second kappa shape index (κ2) is 5.31. The third-order valence-electron chi connectivity index (χ3n) is 2.57. The first-order valence-electron chi connectivity index (χ1n) is 5.64. The summed E-state index contributed by atoms with van der Waals surface area (Å²) in [6, 6.07) is 5.54. The molecule has 2 aromatic rings. The Morgan fingerprint density at radius 1 is 1.14 bits per heavy atom. The Labute approximate surface area is 116 Å². The van der Waals surface area contributed by atoms with Crippen molar-refractivity contribution in [1.29, 1.82) is 0 Å². The molecule has 0 atom stereocenters. The highest BCUT2D eigenvalue weighted by Gasteiger charge is 2.32. The third-order valence-corrected chi connectivity index (χ3v) is 2.57. The number of carbonyl (C=O) groups is 1. The average molecular weight is 298 g/mol. The molecule has 1 amide bonds. The van der Waals surface area contributed by atoms with Crippen molar-refractivity contribution in [1.82, 2.24) is 4.98 Å². The molecule has 1 aromatic heterocycles. The number of hydrogen-bond donors (Lipinski definition) is 3. The number of aromatic hydroxyl groups is 2. The molecular weight excluding hydrogens is 289 g/mol. The van der Waals surface area contributed by atoms with E-state index in [9.17, 15) is 28.2 Å². The molecule has 21 heavy (non-hydrogen) atoms. The molecule has 0 aliphatic heterocycles. The van der Waals surface area contributed by atoms with Gasteiger partial charge in [-0.2, -0.15) is 13.2 Å². The number of aromatic nitrogens is 1. The molecule has 2 rings (SSSR count). The van der Waals surface area contributed by atoms with Crippen molar-refractivity contribution in [2.24, 2.45) is 0 Å². The highest BCUT2D eigenvalue weighted by molar-refractivity contribution is 6.06. The second-order valence-electron chi connectivity index (χ2n) is 4.06. The monoisotopic (exact) mass is 298 g/mol. The summed E-state index contributed by atoms with van der Waals surface area (Å²) < 4.78 is 37.0. The number of nitrogens with one attached hydrogen (secondary N) is 1. The number of anilines is 1. The van der Waals surface area contributed by atoms with E-state index >= 15 is 0 Å². The minimum atomic E-state index is -4.56. The number of halogens is 3. The molecule has 0 saturated carbocycles. The van der Waals surface area contributed by atoms with E-state index in [4.69, 9.17) is 0 Å². The van der Waals surface area contributed by atoms with E-state index < -0.39 is 29.3 Å². The number of amides is 1. The Kier molecular flexibility index (Phi) is 3.70. The van der Waals surface area contributed by atoms with Gasteiger partial charge in [-0.15, -0.1) is 0 Å². The maximum absolute atomic E-state index is 12.3. The standard InChI is InChI=1S/C13H9F3N2O3/c14-13(15,16)10-5-4-7(6-17-10)18-12(21)8-2-1-3-9(19)11(8)20/h1-6,19-20H,(H,18,21). The van der Waals surface area contributed by atoms with Crippen molar-refractivity contribution in [3.63, 3.8) is 0 Å². The van der Waals surface area contributed by atoms with Crippen molar-refractivity contribution in [2.45, 2.75) is 6.18 Å². The van der Waals surface area contributed by atoms with Gasteiger partial charge in [-0.25, -0.2) is 4.98 Å². The molecule has 3 N–H and O–H groups in total. The lowest BCUT2D eigenvalue weighted by Gasteiger charge is -2.09. The predicted molar refractivity (Wildman–Crippen MR) is 67.0 cm³/mol. The van der Waals surface area contributed by atoms with Gasteiger partial charge in [0, 0.05) is 0 Å². The summed E-state index contributed by atoms with van der Waals surface area (Å²) in [6.45, 7) is 0. The number of alkyl halides is 3. The Morgan fingerprint density at radius 3 is 2.43 bits per heavy atom. The van der Waals surface area contributed by atoms with Gasteiger partial charge in [-0.1, -0.05) is 6.07 Å². The van der Waals surface area contributed by atoms with E-state index in [0.29, 0.717) is 0 Å². The number of pyridine rings is 1. The van der Waals surface area contributed by atoms with Crippen LogP contribution < -0.4 is 5.32 Å². The molecule has 0 radical (unpaired) electrons. The molecule has 5 nitrogen and oxygen atoms in total. The smallest absolute Gasteiger partial charge is 0.433 e. The molecule has 110 valence electrons. The summed E-state index contributed by atoms with van der Waals surface area (Å²) in [7, 11) is 0. The summed E-state index contributed by atoms with van der Waals surface area (Å²) in [5.41, 5.74) is -1.27.